The van der Waals surface area contributed by atoms with Crippen molar-refractivity contribution in [3.05, 3.63) is 57.7 Å². The van der Waals surface area contributed by atoms with Gasteiger partial charge in [0, 0.05) is 32.0 Å². The summed E-state index contributed by atoms with van der Waals surface area (Å²) in [5, 5.41) is 14.3. The molecule has 3 amide bonds. The number of hydrogen-bond donors (Lipinski definition) is 2. The third kappa shape index (κ3) is 3.67. The smallest absolute Gasteiger partial charge is 0.329 e. The molecule has 1 fully saturated rings. The van der Waals surface area contributed by atoms with E-state index >= 15 is 0 Å². The number of methoxy groups -OCH3 is 1. The largest absolute Gasteiger partial charge is 0.497 e. The average molecular weight is 516 g/mol. The number of benzene rings is 1. The fraction of sp³-hybridized carbons (Fsp3) is 0.292. The van der Waals surface area contributed by atoms with E-state index in [0.717, 1.165) is 31.0 Å². The molecule has 2 aromatic heterocycles. The highest BCUT2D eigenvalue weighted by Crippen LogP contribution is 2.47. The third-order valence-corrected chi connectivity index (χ3v) is 9.15. The summed E-state index contributed by atoms with van der Waals surface area (Å²) >= 11 is 9.20. The van der Waals surface area contributed by atoms with Gasteiger partial charge in [-0.1, -0.05) is 11.6 Å². The number of carbonyl (C=O) groups is 2. The number of amides is 3. The Kier molecular flexibility index (Phi) is 5.63. The Morgan fingerprint density at radius 3 is 2.74 bits per heavy atom. The maximum atomic E-state index is 13.6. The molecule has 3 aromatic rings. The Labute approximate surface area is 209 Å². The van der Waals surface area contributed by atoms with Crippen LogP contribution in [-0.2, 0) is 10.4 Å². The van der Waals surface area contributed by atoms with Crippen LogP contribution in [0.5, 0.6) is 5.75 Å². The molecule has 0 bridgehead atoms. The topological polar surface area (TPSA) is 91.8 Å². The molecule has 1 aromatic carbocycles. The summed E-state index contributed by atoms with van der Waals surface area (Å²) in [5.74, 6) is 0.329. The lowest BCUT2D eigenvalue weighted by Crippen LogP contribution is -2.60. The van der Waals surface area contributed by atoms with Crippen molar-refractivity contribution < 1.29 is 19.4 Å². The van der Waals surface area contributed by atoms with Crippen LogP contribution in [0.1, 0.15) is 29.9 Å². The Balaban J connectivity index is 1.53. The van der Waals surface area contributed by atoms with Crippen LogP contribution in [0.15, 0.2) is 36.7 Å². The van der Waals surface area contributed by atoms with E-state index in [0.29, 0.717) is 16.5 Å². The van der Waals surface area contributed by atoms with E-state index in [-0.39, 0.29) is 5.91 Å². The molecule has 34 heavy (non-hydrogen) atoms. The van der Waals surface area contributed by atoms with Gasteiger partial charge in [0.25, 0.3) is 5.91 Å². The van der Waals surface area contributed by atoms with Crippen molar-refractivity contribution in [2.24, 2.45) is 0 Å². The fourth-order valence-electron chi connectivity index (χ4n) is 4.40. The van der Waals surface area contributed by atoms with Crippen molar-refractivity contribution in [1.82, 2.24) is 10.3 Å². The number of thioether (sulfide) groups is 1. The number of aliphatic hydroxyl groups is 1. The van der Waals surface area contributed by atoms with Gasteiger partial charge in [0.15, 0.2) is 0 Å². The minimum Gasteiger partial charge on any atom is -0.497 e. The lowest BCUT2D eigenvalue weighted by molar-refractivity contribution is -0.118. The highest BCUT2D eigenvalue weighted by Gasteiger charge is 2.46. The van der Waals surface area contributed by atoms with Crippen LogP contribution in [0.25, 0.3) is 15.0 Å². The van der Waals surface area contributed by atoms with Gasteiger partial charge in [-0.3, -0.25) is 9.78 Å². The number of anilines is 1. The summed E-state index contributed by atoms with van der Waals surface area (Å²) in [4.78, 5) is 33.8. The lowest BCUT2D eigenvalue weighted by Gasteiger charge is -2.33. The molecule has 0 radical (unpaired) electrons. The molecule has 0 saturated carbocycles. The molecule has 5 rings (SSSR count). The molecule has 2 aliphatic rings. The normalized spacial score (nSPS) is 20.4. The van der Waals surface area contributed by atoms with E-state index < -0.39 is 22.9 Å². The van der Waals surface area contributed by atoms with Crippen molar-refractivity contribution in [1.29, 1.82) is 0 Å². The number of imide groups is 1. The molecule has 7 nitrogen and oxygen atoms in total. The van der Waals surface area contributed by atoms with Crippen molar-refractivity contribution in [3.8, 4) is 5.75 Å². The van der Waals surface area contributed by atoms with E-state index in [1.54, 1.807) is 39.3 Å². The molecule has 2 atom stereocenters. The number of urea groups is 1. The molecular weight excluding hydrogens is 494 g/mol. The van der Waals surface area contributed by atoms with Gasteiger partial charge >= 0.3 is 6.03 Å². The zero-order valence-corrected chi connectivity index (χ0v) is 21.3. The van der Waals surface area contributed by atoms with Gasteiger partial charge in [-0.2, -0.15) is 0 Å². The first-order valence-corrected chi connectivity index (χ1v) is 12.6. The number of nitrogens with zero attached hydrogens (tertiary/aromatic N) is 2. The van der Waals surface area contributed by atoms with Crippen LogP contribution >= 0.6 is 34.7 Å². The monoisotopic (exact) mass is 515 g/mol. The zero-order valence-electron chi connectivity index (χ0n) is 18.9. The molecular formula is C24H22ClN3O4S2. The number of carbonyl (C=O) groups excluding carboxylic acids is 2. The first-order valence-electron chi connectivity index (χ1n) is 10.6. The highest BCUT2D eigenvalue weighted by molar-refractivity contribution is 8.09. The second-order valence-electron chi connectivity index (χ2n) is 8.71. The molecule has 0 aliphatic carbocycles. The SMILES string of the molecule is COc1ccc(Cl)c(C2=CC3NC(=O)N(c4cncc5sc(C(C)(C)O)c(C)c45)C(=O)C3S2)c1. The number of aryl methyl sites for hydroxylation is 1. The fourth-order valence-corrected chi connectivity index (χ4v) is 7.16. The summed E-state index contributed by atoms with van der Waals surface area (Å²) in [6.07, 6.45) is 5.08. The lowest BCUT2D eigenvalue weighted by atomic mass is 10.0. The average Bonchev–Trinajstić information content (AvgIpc) is 3.36. The van der Waals surface area contributed by atoms with Gasteiger partial charge in [-0.25, -0.2) is 9.69 Å². The second kappa shape index (κ2) is 8.27. The predicted octanol–water partition coefficient (Wildman–Crippen LogP) is 5.08. The number of halogens is 1. The van der Waals surface area contributed by atoms with Crippen molar-refractivity contribution >= 4 is 67.3 Å². The Bertz CT molecular complexity index is 1380. The standard InChI is InChI=1S/C24H22ClN3O4S2/c1-11-19-16(9-26-10-18(19)34-21(11)24(2,3)31)28-22(29)20-15(27-23(28)30)8-17(33-20)13-7-12(32-4)5-6-14(13)25/h5-10,15,20,31H,1-4H3,(H,27,30). The van der Waals surface area contributed by atoms with Gasteiger partial charge in [-0.15, -0.1) is 23.1 Å². The minimum atomic E-state index is -1.06. The van der Waals surface area contributed by atoms with Crippen LogP contribution in [-0.4, -0.2) is 40.4 Å². The van der Waals surface area contributed by atoms with Crippen LogP contribution in [0.2, 0.25) is 5.02 Å². The zero-order chi connectivity index (χ0) is 24.4. The van der Waals surface area contributed by atoms with Gasteiger partial charge < -0.3 is 15.2 Å². The van der Waals surface area contributed by atoms with Crippen LogP contribution in [0.3, 0.4) is 0 Å². The summed E-state index contributed by atoms with van der Waals surface area (Å²) in [6, 6.07) is 4.37. The quantitative estimate of drug-likeness (QED) is 0.503. The molecule has 1 saturated heterocycles. The number of thiophene rings is 1. The van der Waals surface area contributed by atoms with Crippen molar-refractivity contribution in [2.75, 3.05) is 12.0 Å². The van der Waals surface area contributed by atoms with Gasteiger partial charge in [0.05, 0.1) is 35.3 Å². The highest BCUT2D eigenvalue weighted by atomic mass is 35.5. The number of rotatable bonds is 4. The molecule has 2 unspecified atom stereocenters. The molecule has 2 aliphatic heterocycles. The van der Waals surface area contributed by atoms with Crippen LogP contribution in [0.4, 0.5) is 10.5 Å². The summed E-state index contributed by atoms with van der Waals surface area (Å²) in [5.41, 5.74) is 0.937. The Morgan fingerprint density at radius 2 is 2.03 bits per heavy atom. The maximum absolute atomic E-state index is 13.6. The summed E-state index contributed by atoms with van der Waals surface area (Å²) in [7, 11) is 1.58. The van der Waals surface area contributed by atoms with E-state index in [1.165, 1.54) is 34.2 Å². The Hall–Kier alpha value is -2.59. The number of fused-ring (bicyclic) bond motifs is 2. The predicted molar refractivity (Wildman–Crippen MR) is 137 cm³/mol. The minimum absolute atomic E-state index is 0.325. The molecule has 0 spiro atoms. The number of pyridine rings is 1. The molecule has 10 heteroatoms. The summed E-state index contributed by atoms with van der Waals surface area (Å²) < 4.78 is 6.12. The van der Waals surface area contributed by atoms with E-state index in [1.807, 2.05) is 19.1 Å². The first-order chi connectivity index (χ1) is 16.1. The number of nitrogens with one attached hydrogen (secondary N) is 1. The summed E-state index contributed by atoms with van der Waals surface area (Å²) in [6.45, 7) is 5.32. The van der Waals surface area contributed by atoms with Crippen LogP contribution in [0, 0.1) is 6.92 Å². The third-order valence-electron chi connectivity index (χ3n) is 5.92. The van der Waals surface area contributed by atoms with Gasteiger partial charge in [0.2, 0.25) is 0 Å². The maximum Gasteiger partial charge on any atom is 0.329 e. The molecule has 2 N–H and O–H groups in total. The van der Waals surface area contributed by atoms with E-state index in [4.69, 9.17) is 16.3 Å². The molecule has 4 heterocycles. The van der Waals surface area contributed by atoms with Gasteiger partial charge in [0.1, 0.15) is 11.0 Å². The number of ether oxygens (including phenoxy) is 1. The number of aromatic nitrogens is 1. The van der Waals surface area contributed by atoms with Crippen molar-refractivity contribution in [3.63, 3.8) is 0 Å². The second-order valence-corrected chi connectivity index (χ2v) is 11.4. The first kappa shape index (κ1) is 23.2. The van der Waals surface area contributed by atoms with E-state index in [9.17, 15) is 14.7 Å². The van der Waals surface area contributed by atoms with Crippen molar-refractivity contribution in [2.45, 2.75) is 37.7 Å². The number of hydrogen-bond acceptors (Lipinski definition) is 7. The van der Waals surface area contributed by atoms with E-state index in [2.05, 4.69) is 10.3 Å². The molecule has 176 valence electrons. The van der Waals surface area contributed by atoms with Gasteiger partial charge in [-0.05, 0) is 50.6 Å². The van der Waals surface area contributed by atoms with Crippen LogP contribution < -0.4 is 15.0 Å². The Morgan fingerprint density at radius 1 is 1.26 bits per heavy atom.